The maximum absolute atomic E-state index is 14.0. The van der Waals surface area contributed by atoms with Crippen LogP contribution in [-0.4, -0.2) is 61.4 Å². The Labute approximate surface area is 238 Å². The van der Waals surface area contributed by atoms with Gasteiger partial charge in [-0.05, 0) is 69.6 Å². The van der Waals surface area contributed by atoms with Gasteiger partial charge in [0.05, 0.1) is 24.1 Å². The number of pyridine rings is 1. The number of rotatable bonds is 9. The van der Waals surface area contributed by atoms with Crippen LogP contribution in [0, 0.1) is 5.92 Å². The number of aliphatic imine (C=N–C) groups is 2. The minimum atomic E-state index is -1.15. The second-order valence-corrected chi connectivity index (χ2v) is 12.0. The Bertz CT molecular complexity index is 1410. The summed E-state index contributed by atoms with van der Waals surface area (Å²) in [5.41, 5.74) is 4.38. The molecule has 5 rings (SSSR count). The van der Waals surface area contributed by atoms with Gasteiger partial charge in [0.15, 0.2) is 11.7 Å². The minimum absolute atomic E-state index is 0.0713. The smallest absolute Gasteiger partial charge is 0.295 e. The quantitative estimate of drug-likeness (QED) is 0.459. The monoisotopic (exact) mass is 561 g/mol. The van der Waals surface area contributed by atoms with Gasteiger partial charge in [0.2, 0.25) is 10.9 Å². The molecule has 2 atom stereocenters. The van der Waals surface area contributed by atoms with Crippen molar-refractivity contribution in [3.05, 3.63) is 59.3 Å². The normalized spacial score (nSPS) is 19.8. The Morgan fingerprint density at radius 1 is 1.25 bits per heavy atom. The number of nitrogens with zero attached hydrogens (tertiary/aromatic N) is 6. The Balaban J connectivity index is 1.51. The SMILES string of the molecule is C=C(/N=C1\C(=C(C)C)N=C(NCc2ccc([S+](C)[O-])nc2)C(=O)N1C(C)C1CC1)c1c(OC)ncnc1C1CC1. The fraction of sp³-hybridized carbons (Fsp3) is 0.448. The third kappa shape index (κ3) is 5.80. The number of amides is 1. The van der Waals surface area contributed by atoms with Crippen LogP contribution in [0.4, 0.5) is 0 Å². The summed E-state index contributed by atoms with van der Waals surface area (Å²) >= 11 is -1.15. The highest BCUT2D eigenvalue weighted by Crippen LogP contribution is 2.44. The molecule has 2 aliphatic carbocycles. The number of amidine groups is 2. The van der Waals surface area contributed by atoms with Gasteiger partial charge in [0, 0.05) is 41.9 Å². The number of aromatic nitrogens is 3. The van der Waals surface area contributed by atoms with Gasteiger partial charge < -0.3 is 14.6 Å². The van der Waals surface area contributed by atoms with E-state index in [9.17, 15) is 9.35 Å². The van der Waals surface area contributed by atoms with E-state index in [2.05, 4.69) is 33.8 Å². The van der Waals surface area contributed by atoms with Gasteiger partial charge in [-0.2, -0.15) is 0 Å². The number of hydrogen-bond acceptors (Lipinski definition) is 9. The van der Waals surface area contributed by atoms with Crippen molar-refractivity contribution >= 4 is 34.5 Å². The largest absolute Gasteiger partial charge is 0.610 e. The van der Waals surface area contributed by atoms with Gasteiger partial charge >= 0.3 is 0 Å². The Morgan fingerprint density at radius 2 is 2.00 bits per heavy atom. The molecule has 0 spiro atoms. The molecule has 2 fully saturated rings. The van der Waals surface area contributed by atoms with Crippen LogP contribution in [0.5, 0.6) is 5.88 Å². The van der Waals surface area contributed by atoms with Crippen molar-refractivity contribution < 1.29 is 14.1 Å². The molecule has 10 nitrogen and oxygen atoms in total. The number of methoxy groups -OCH3 is 1. The van der Waals surface area contributed by atoms with Crippen LogP contribution < -0.4 is 10.1 Å². The predicted octanol–water partition coefficient (Wildman–Crippen LogP) is 3.99. The highest BCUT2D eigenvalue weighted by atomic mass is 32.2. The zero-order valence-electron chi connectivity index (χ0n) is 23.6. The number of hydrogen-bond donors (Lipinski definition) is 1. The molecular formula is C29H35N7O3S. The van der Waals surface area contributed by atoms with Crippen LogP contribution in [-0.2, 0) is 22.5 Å². The molecule has 0 radical (unpaired) electrons. The van der Waals surface area contributed by atoms with E-state index in [1.807, 2.05) is 19.9 Å². The molecule has 2 saturated carbocycles. The topological polar surface area (TPSA) is 128 Å². The van der Waals surface area contributed by atoms with Crippen molar-refractivity contribution in [1.82, 2.24) is 25.2 Å². The molecule has 40 heavy (non-hydrogen) atoms. The van der Waals surface area contributed by atoms with E-state index in [0.29, 0.717) is 52.1 Å². The fourth-order valence-corrected chi connectivity index (χ4v) is 5.25. The molecule has 3 heterocycles. The summed E-state index contributed by atoms with van der Waals surface area (Å²) in [5.74, 6) is 1.62. The molecule has 11 heteroatoms. The van der Waals surface area contributed by atoms with E-state index < -0.39 is 11.2 Å². The van der Waals surface area contributed by atoms with E-state index in [1.165, 1.54) is 6.33 Å². The molecule has 210 valence electrons. The van der Waals surface area contributed by atoms with E-state index in [1.54, 1.807) is 30.5 Å². The van der Waals surface area contributed by atoms with E-state index in [4.69, 9.17) is 14.7 Å². The first kappa shape index (κ1) is 28.0. The zero-order chi connectivity index (χ0) is 28.6. The zero-order valence-corrected chi connectivity index (χ0v) is 24.4. The molecule has 1 aliphatic heterocycles. The number of nitrogens with one attached hydrogen (secondary N) is 1. The Morgan fingerprint density at radius 3 is 2.58 bits per heavy atom. The van der Waals surface area contributed by atoms with Crippen molar-refractivity contribution in [1.29, 1.82) is 0 Å². The maximum atomic E-state index is 14.0. The van der Waals surface area contributed by atoms with Crippen molar-refractivity contribution in [3.63, 3.8) is 0 Å². The molecule has 0 bridgehead atoms. The van der Waals surface area contributed by atoms with Crippen LogP contribution in [0.25, 0.3) is 5.70 Å². The molecule has 2 aromatic heterocycles. The lowest BCUT2D eigenvalue weighted by Gasteiger charge is -2.35. The van der Waals surface area contributed by atoms with Crippen molar-refractivity contribution in [2.75, 3.05) is 13.4 Å². The van der Waals surface area contributed by atoms with E-state index in [0.717, 1.165) is 42.5 Å². The molecule has 1 amide bonds. The van der Waals surface area contributed by atoms with Crippen molar-refractivity contribution in [2.45, 2.75) is 70.0 Å². The summed E-state index contributed by atoms with van der Waals surface area (Å²) < 4.78 is 17.3. The van der Waals surface area contributed by atoms with Gasteiger partial charge in [0.25, 0.3) is 5.91 Å². The summed E-state index contributed by atoms with van der Waals surface area (Å²) in [6.07, 6.45) is 8.98. The molecule has 1 N–H and O–H groups in total. The van der Waals surface area contributed by atoms with Crippen LogP contribution in [0.3, 0.4) is 0 Å². The Kier molecular flexibility index (Phi) is 8.04. The van der Waals surface area contributed by atoms with Gasteiger partial charge in [-0.15, -0.1) is 0 Å². The van der Waals surface area contributed by atoms with Gasteiger partial charge in [-0.3, -0.25) is 9.69 Å². The molecule has 0 aromatic carbocycles. The van der Waals surface area contributed by atoms with Gasteiger partial charge in [0.1, 0.15) is 18.3 Å². The fourth-order valence-electron chi connectivity index (χ4n) is 4.79. The van der Waals surface area contributed by atoms with E-state index >= 15 is 0 Å². The maximum Gasteiger partial charge on any atom is 0.295 e. The van der Waals surface area contributed by atoms with Gasteiger partial charge in [-0.25, -0.2) is 24.9 Å². The van der Waals surface area contributed by atoms with Crippen LogP contribution in [0.2, 0.25) is 0 Å². The lowest BCUT2D eigenvalue weighted by atomic mass is 10.1. The van der Waals surface area contributed by atoms with Gasteiger partial charge in [-0.1, -0.05) is 6.58 Å². The molecule has 0 saturated heterocycles. The summed E-state index contributed by atoms with van der Waals surface area (Å²) in [6.45, 7) is 10.6. The molecule has 2 aromatic rings. The Hall–Kier alpha value is -3.57. The summed E-state index contributed by atoms with van der Waals surface area (Å²) in [5, 5.41) is 3.72. The van der Waals surface area contributed by atoms with Crippen molar-refractivity contribution in [3.8, 4) is 5.88 Å². The standard InChI is InChI=1S/C29H35N7O3S/c1-16(2)24-27(34-17(3)23-25(21-10-11-21)32-15-33-28(23)39-5)36(18(4)20-8-9-20)29(37)26(35-24)31-14-19-7-12-22(30-13-19)40(6)38/h7,12-13,15,18,20-21H,3,8-11,14H2,1-2,4-6H3,(H,31,35)/b34-27+. The highest BCUT2D eigenvalue weighted by Gasteiger charge is 2.42. The summed E-state index contributed by atoms with van der Waals surface area (Å²) in [6, 6.07) is 3.51. The first-order valence-corrected chi connectivity index (χ1v) is 15.0. The highest BCUT2D eigenvalue weighted by molar-refractivity contribution is 7.90. The van der Waals surface area contributed by atoms with E-state index in [-0.39, 0.29) is 17.8 Å². The third-order valence-electron chi connectivity index (χ3n) is 7.35. The second kappa shape index (κ2) is 11.5. The number of ether oxygens (including phenoxy) is 1. The second-order valence-electron chi connectivity index (χ2n) is 10.7. The molecule has 3 aliphatic rings. The number of carbonyl (C=O) groups is 1. The number of carbonyl (C=O) groups excluding carboxylic acids is 1. The molecule has 2 unspecified atom stereocenters. The minimum Gasteiger partial charge on any atom is -0.610 e. The average molecular weight is 562 g/mol. The third-order valence-corrected chi connectivity index (χ3v) is 8.18. The van der Waals surface area contributed by atoms with Crippen molar-refractivity contribution in [2.24, 2.45) is 15.9 Å². The first-order chi connectivity index (χ1) is 19.2. The average Bonchev–Trinajstić information content (AvgIpc) is 3.85. The summed E-state index contributed by atoms with van der Waals surface area (Å²) in [4.78, 5) is 38.6. The summed E-state index contributed by atoms with van der Waals surface area (Å²) in [7, 11) is 1.57. The van der Waals surface area contributed by atoms with Crippen LogP contribution in [0.15, 0.2) is 57.5 Å². The first-order valence-electron chi connectivity index (χ1n) is 13.5. The predicted molar refractivity (Wildman–Crippen MR) is 155 cm³/mol. The van der Waals surface area contributed by atoms with Crippen LogP contribution in [0.1, 0.15) is 69.2 Å². The van der Waals surface area contributed by atoms with Crippen LogP contribution >= 0.6 is 0 Å². The number of allylic oxidation sites excluding steroid dienone is 1. The lowest BCUT2D eigenvalue weighted by Crippen LogP contribution is -2.54. The molecular weight excluding hydrogens is 526 g/mol. The lowest BCUT2D eigenvalue weighted by molar-refractivity contribution is -0.122.